The summed E-state index contributed by atoms with van der Waals surface area (Å²) in [4.78, 5) is 0. The first kappa shape index (κ1) is 13.9. The van der Waals surface area contributed by atoms with Gasteiger partial charge in [-0.25, -0.2) is 4.39 Å². The molecule has 0 bridgehead atoms. The van der Waals surface area contributed by atoms with Crippen LogP contribution in [-0.2, 0) is 6.54 Å². The van der Waals surface area contributed by atoms with Gasteiger partial charge in [0, 0.05) is 0 Å². The van der Waals surface area contributed by atoms with Crippen molar-refractivity contribution >= 4 is 11.6 Å². The van der Waals surface area contributed by atoms with E-state index in [9.17, 15) is 4.39 Å². The molecule has 0 aliphatic carbocycles. The molecule has 1 heterocycles. The van der Waals surface area contributed by atoms with Gasteiger partial charge in [-0.3, -0.25) is 0 Å². The smallest absolute Gasteiger partial charge is 0.170 e. The maximum atomic E-state index is 13.0. The summed E-state index contributed by atoms with van der Waals surface area (Å²) in [5.41, 5.74) is 0.564. The summed E-state index contributed by atoms with van der Waals surface area (Å²) >= 11 is 6.00. The van der Waals surface area contributed by atoms with Crippen molar-refractivity contribution in [3.8, 4) is 5.69 Å². The van der Waals surface area contributed by atoms with Crippen molar-refractivity contribution in [3.63, 3.8) is 0 Å². The van der Waals surface area contributed by atoms with Crippen LogP contribution in [0.1, 0.15) is 19.7 Å². The van der Waals surface area contributed by atoms with Crippen LogP contribution in [0.2, 0.25) is 5.02 Å². The van der Waals surface area contributed by atoms with Gasteiger partial charge in [-0.15, -0.1) is 5.10 Å². The predicted octanol–water partition coefficient (Wildman–Crippen LogP) is 2.20. The second-order valence-electron chi connectivity index (χ2n) is 4.63. The fourth-order valence-electron chi connectivity index (χ4n) is 1.63. The van der Waals surface area contributed by atoms with Crippen LogP contribution >= 0.6 is 11.6 Å². The zero-order valence-corrected chi connectivity index (χ0v) is 11.5. The molecule has 1 N–H and O–H groups in total. The Bertz CT molecular complexity index is 555. The van der Waals surface area contributed by atoms with Crippen LogP contribution in [0.4, 0.5) is 4.39 Å². The Kier molecular flexibility index (Phi) is 4.44. The maximum absolute atomic E-state index is 13.0. The summed E-state index contributed by atoms with van der Waals surface area (Å²) in [6, 6.07) is 4.12. The highest BCUT2D eigenvalue weighted by Crippen LogP contribution is 2.21. The summed E-state index contributed by atoms with van der Waals surface area (Å²) in [7, 11) is 0. The summed E-state index contributed by atoms with van der Waals surface area (Å²) in [5.74, 6) is 0.786. The first-order valence-electron chi connectivity index (χ1n) is 6.01. The molecule has 0 amide bonds. The molecule has 0 unspecified atom stereocenters. The molecular formula is C12H15ClFN5. The van der Waals surface area contributed by atoms with Crippen molar-refractivity contribution in [2.24, 2.45) is 5.92 Å². The molecule has 0 saturated carbocycles. The molecular weight excluding hydrogens is 269 g/mol. The van der Waals surface area contributed by atoms with Gasteiger partial charge in [0.15, 0.2) is 5.82 Å². The number of hydrogen-bond acceptors (Lipinski definition) is 4. The number of rotatable bonds is 5. The van der Waals surface area contributed by atoms with Gasteiger partial charge in [0.2, 0.25) is 0 Å². The molecule has 0 radical (unpaired) electrons. The molecule has 0 fully saturated rings. The summed E-state index contributed by atoms with van der Waals surface area (Å²) in [6.07, 6.45) is 0. The number of nitrogens with zero attached hydrogens (tertiary/aromatic N) is 4. The van der Waals surface area contributed by atoms with Gasteiger partial charge in [0.05, 0.1) is 17.3 Å². The molecule has 19 heavy (non-hydrogen) atoms. The van der Waals surface area contributed by atoms with E-state index in [1.165, 1.54) is 16.8 Å². The maximum Gasteiger partial charge on any atom is 0.170 e. The fourth-order valence-corrected chi connectivity index (χ4v) is 1.88. The molecule has 2 rings (SSSR count). The number of hydrogen-bond donors (Lipinski definition) is 1. The minimum Gasteiger partial charge on any atom is -0.310 e. The van der Waals surface area contributed by atoms with Crippen LogP contribution in [-0.4, -0.2) is 26.8 Å². The van der Waals surface area contributed by atoms with E-state index in [2.05, 4.69) is 34.7 Å². The molecule has 0 saturated heterocycles. The summed E-state index contributed by atoms with van der Waals surface area (Å²) in [6.45, 7) is 5.63. The molecule has 0 spiro atoms. The second kappa shape index (κ2) is 6.08. The van der Waals surface area contributed by atoms with E-state index in [4.69, 9.17) is 11.6 Å². The number of nitrogens with one attached hydrogen (secondary N) is 1. The first-order valence-corrected chi connectivity index (χ1v) is 6.39. The van der Waals surface area contributed by atoms with Crippen molar-refractivity contribution < 1.29 is 4.39 Å². The highest BCUT2D eigenvalue weighted by Gasteiger charge is 2.11. The van der Waals surface area contributed by atoms with Crippen molar-refractivity contribution in [2.75, 3.05) is 6.54 Å². The highest BCUT2D eigenvalue weighted by atomic mass is 35.5. The van der Waals surface area contributed by atoms with Gasteiger partial charge in [0.25, 0.3) is 0 Å². The molecule has 0 aliphatic heterocycles. The third-order valence-electron chi connectivity index (χ3n) is 2.51. The third kappa shape index (κ3) is 3.48. The van der Waals surface area contributed by atoms with E-state index in [1.54, 1.807) is 6.07 Å². The second-order valence-corrected chi connectivity index (χ2v) is 5.03. The lowest BCUT2D eigenvalue weighted by atomic mass is 10.2. The lowest BCUT2D eigenvalue weighted by Gasteiger charge is -2.09. The van der Waals surface area contributed by atoms with E-state index in [0.717, 1.165) is 6.54 Å². The van der Waals surface area contributed by atoms with Gasteiger partial charge < -0.3 is 5.32 Å². The minimum atomic E-state index is -0.388. The topological polar surface area (TPSA) is 55.6 Å². The van der Waals surface area contributed by atoms with Crippen LogP contribution in [0, 0.1) is 11.7 Å². The zero-order valence-electron chi connectivity index (χ0n) is 10.8. The number of benzene rings is 1. The van der Waals surface area contributed by atoms with Crippen molar-refractivity contribution in [1.29, 1.82) is 0 Å². The van der Waals surface area contributed by atoms with E-state index in [1.807, 2.05) is 0 Å². The van der Waals surface area contributed by atoms with E-state index < -0.39 is 0 Å². The molecule has 2 aromatic rings. The zero-order chi connectivity index (χ0) is 13.8. The minimum absolute atomic E-state index is 0.275. The number of tetrazole rings is 1. The highest BCUT2D eigenvalue weighted by molar-refractivity contribution is 6.32. The van der Waals surface area contributed by atoms with E-state index >= 15 is 0 Å². The Balaban J connectivity index is 2.19. The Hall–Kier alpha value is -1.53. The Labute approximate surface area is 115 Å². The van der Waals surface area contributed by atoms with Crippen molar-refractivity contribution in [2.45, 2.75) is 20.4 Å². The van der Waals surface area contributed by atoms with Gasteiger partial charge in [0.1, 0.15) is 5.82 Å². The average molecular weight is 284 g/mol. The molecule has 7 heteroatoms. The monoisotopic (exact) mass is 283 g/mol. The Morgan fingerprint density at radius 1 is 1.42 bits per heavy atom. The fraction of sp³-hybridized carbons (Fsp3) is 0.417. The van der Waals surface area contributed by atoms with Gasteiger partial charge in [-0.2, -0.15) is 4.68 Å². The largest absolute Gasteiger partial charge is 0.310 e. The van der Waals surface area contributed by atoms with Crippen LogP contribution in [0.25, 0.3) is 5.69 Å². The van der Waals surface area contributed by atoms with Crippen LogP contribution < -0.4 is 5.32 Å². The molecule has 1 aromatic carbocycles. The Morgan fingerprint density at radius 2 is 2.21 bits per heavy atom. The SMILES string of the molecule is CC(C)CNCc1nnnn1-c1ccc(F)cc1Cl. The molecule has 102 valence electrons. The Morgan fingerprint density at radius 3 is 2.89 bits per heavy atom. The molecule has 0 aliphatic rings. The van der Waals surface area contributed by atoms with Crippen molar-refractivity contribution in [1.82, 2.24) is 25.5 Å². The van der Waals surface area contributed by atoms with E-state index in [-0.39, 0.29) is 10.8 Å². The molecule has 5 nitrogen and oxygen atoms in total. The van der Waals surface area contributed by atoms with Crippen molar-refractivity contribution in [3.05, 3.63) is 34.9 Å². The lowest BCUT2D eigenvalue weighted by molar-refractivity contribution is 0.537. The predicted molar refractivity (Wildman–Crippen MR) is 70.7 cm³/mol. The van der Waals surface area contributed by atoms with Gasteiger partial charge in [-0.1, -0.05) is 25.4 Å². The normalized spacial score (nSPS) is 11.2. The third-order valence-corrected chi connectivity index (χ3v) is 2.81. The first-order chi connectivity index (χ1) is 9.08. The summed E-state index contributed by atoms with van der Waals surface area (Å²) in [5, 5.41) is 15.0. The summed E-state index contributed by atoms with van der Waals surface area (Å²) < 4.78 is 14.5. The van der Waals surface area contributed by atoms with E-state index in [0.29, 0.717) is 24.0 Å². The van der Waals surface area contributed by atoms with Crippen LogP contribution in [0.5, 0.6) is 0 Å². The quantitative estimate of drug-likeness (QED) is 0.914. The van der Waals surface area contributed by atoms with Crippen LogP contribution in [0.3, 0.4) is 0 Å². The number of halogens is 2. The lowest BCUT2D eigenvalue weighted by Crippen LogP contribution is -2.21. The standard InChI is InChI=1S/C12H15ClFN5/c1-8(2)6-15-7-12-16-17-18-19(12)11-4-3-9(14)5-10(11)13/h3-5,8,15H,6-7H2,1-2H3. The molecule has 0 atom stereocenters. The number of aromatic nitrogens is 4. The van der Waals surface area contributed by atoms with Gasteiger partial charge >= 0.3 is 0 Å². The molecule has 1 aromatic heterocycles. The van der Waals surface area contributed by atoms with Gasteiger partial charge in [-0.05, 0) is 41.1 Å². The average Bonchev–Trinajstić information content (AvgIpc) is 2.77. The van der Waals surface area contributed by atoms with Crippen LogP contribution in [0.15, 0.2) is 18.2 Å².